The lowest BCUT2D eigenvalue weighted by Gasteiger charge is -2.50. The minimum atomic E-state index is 0.353. The maximum Gasteiger partial charge on any atom is 0.0545 e. The van der Waals surface area contributed by atoms with Crippen LogP contribution in [-0.2, 0) is 4.74 Å². The van der Waals surface area contributed by atoms with E-state index >= 15 is 0 Å². The highest BCUT2D eigenvalue weighted by Gasteiger charge is 2.42. The topological polar surface area (TPSA) is 12.5 Å². The van der Waals surface area contributed by atoms with Gasteiger partial charge in [0.1, 0.15) is 0 Å². The molecule has 15 heavy (non-hydrogen) atoms. The highest BCUT2D eigenvalue weighted by molar-refractivity contribution is 4.93. The molecule has 0 aliphatic carbocycles. The van der Waals surface area contributed by atoms with Gasteiger partial charge >= 0.3 is 0 Å². The van der Waals surface area contributed by atoms with E-state index < -0.39 is 0 Å². The zero-order chi connectivity index (χ0) is 11.5. The van der Waals surface area contributed by atoms with Crippen molar-refractivity contribution in [1.82, 2.24) is 4.90 Å². The third kappa shape index (κ3) is 2.94. The first kappa shape index (κ1) is 13.0. The summed E-state index contributed by atoms with van der Waals surface area (Å²) < 4.78 is 5.32. The molecule has 0 aromatic heterocycles. The third-order valence-electron chi connectivity index (χ3n) is 3.59. The predicted octanol–water partition coefficient (Wildman–Crippen LogP) is 2.92. The zero-order valence-corrected chi connectivity index (χ0v) is 11.1. The Morgan fingerprint density at radius 2 is 1.47 bits per heavy atom. The van der Waals surface area contributed by atoms with Crippen molar-refractivity contribution in [1.29, 1.82) is 0 Å². The number of likely N-dealkylation sites (tertiary alicyclic amines) is 1. The summed E-state index contributed by atoms with van der Waals surface area (Å²) in [6, 6.07) is 0. The van der Waals surface area contributed by atoms with Gasteiger partial charge in [-0.2, -0.15) is 0 Å². The van der Waals surface area contributed by atoms with Crippen LogP contribution in [0.25, 0.3) is 0 Å². The molecule has 0 aromatic carbocycles. The normalized spacial score (nSPS) is 25.4. The minimum absolute atomic E-state index is 0.353. The molecule has 2 heteroatoms. The summed E-state index contributed by atoms with van der Waals surface area (Å²) in [7, 11) is 0. The lowest BCUT2D eigenvalue weighted by Crippen LogP contribution is -2.54. The number of piperidine rings is 1. The van der Waals surface area contributed by atoms with E-state index in [1.165, 1.54) is 25.9 Å². The van der Waals surface area contributed by atoms with Crippen LogP contribution in [0.2, 0.25) is 0 Å². The molecule has 2 heterocycles. The molecule has 2 aliphatic heterocycles. The van der Waals surface area contributed by atoms with Crippen molar-refractivity contribution in [3.05, 3.63) is 0 Å². The summed E-state index contributed by atoms with van der Waals surface area (Å²) in [4.78, 5) is 2.59. The molecule has 0 N–H and O–H groups in total. The summed E-state index contributed by atoms with van der Waals surface area (Å²) in [5.74, 6) is 0. The molecule has 0 atom stereocenters. The molecular formula is C13H27NO. The lowest BCUT2D eigenvalue weighted by atomic mass is 9.76. The Balaban J connectivity index is 0.000000531. The van der Waals surface area contributed by atoms with Crippen LogP contribution in [0.3, 0.4) is 0 Å². The molecule has 1 spiro atoms. The number of hydrogen-bond acceptors (Lipinski definition) is 2. The van der Waals surface area contributed by atoms with Crippen molar-refractivity contribution in [2.24, 2.45) is 5.41 Å². The van der Waals surface area contributed by atoms with E-state index in [0.717, 1.165) is 13.2 Å². The monoisotopic (exact) mass is 213 g/mol. The molecule has 0 bridgehead atoms. The maximum absolute atomic E-state index is 5.32. The highest BCUT2D eigenvalue weighted by Crippen LogP contribution is 2.39. The Bertz CT molecular complexity index is 181. The number of hydrogen-bond donors (Lipinski definition) is 0. The Hall–Kier alpha value is -0.0800. The zero-order valence-electron chi connectivity index (χ0n) is 11.1. The smallest absolute Gasteiger partial charge is 0.0545 e. The van der Waals surface area contributed by atoms with E-state index in [1.807, 2.05) is 13.8 Å². The first-order chi connectivity index (χ1) is 7.02. The largest absolute Gasteiger partial charge is 0.380 e. The molecule has 2 fully saturated rings. The van der Waals surface area contributed by atoms with E-state index in [4.69, 9.17) is 4.74 Å². The Kier molecular flexibility index (Phi) is 4.19. The van der Waals surface area contributed by atoms with Gasteiger partial charge in [-0.15, -0.1) is 0 Å². The van der Waals surface area contributed by atoms with Gasteiger partial charge in [-0.05, 0) is 46.7 Å². The van der Waals surface area contributed by atoms with E-state index in [2.05, 4.69) is 25.7 Å². The molecule has 2 aliphatic rings. The first-order valence-electron chi connectivity index (χ1n) is 6.35. The van der Waals surface area contributed by atoms with Crippen molar-refractivity contribution in [2.75, 3.05) is 26.3 Å². The van der Waals surface area contributed by atoms with Crippen LogP contribution in [0.1, 0.15) is 47.5 Å². The quantitative estimate of drug-likeness (QED) is 0.613. The van der Waals surface area contributed by atoms with Gasteiger partial charge in [0.15, 0.2) is 0 Å². The van der Waals surface area contributed by atoms with Gasteiger partial charge in [-0.3, -0.25) is 4.90 Å². The summed E-state index contributed by atoms with van der Waals surface area (Å²) in [5.41, 5.74) is 0.938. The second kappa shape index (κ2) is 4.84. The van der Waals surface area contributed by atoms with Crippen LogP contribution in [0.5, 0.6) is 0 Å². The molecular weight excluding hydrogens is 186 g/mol. The number of ether oxygens (including phenoxy) is 1. The first-order valence-corrected chi connectivity index (χ1v) is 6.35. The van der Waals surface area contributed by atoms with Gasteiger partial charge in [0, 0.05) is 11.0 Å². The van der Waals surface area contributed by atoms with Crippen LogP contribution in [0, 0.1) is 5.41 Å². The fourth-order valence-corrected chi connectivity index (χ4v) is 2.33. The van der Waals surface area contributed by atoms with Gasteiger partial charge in [-0.1, -0.05) is 13.8 Å². The molecule has 0 saturated carbocycles. The van der Waals surface area contributed by atoms with Crippen LogP contribution in [0.4, 0.5) is 0 Å². The molecule has 0 aromatic rings. The van der Waals surface area contributed by atoms with E-state index in [1.54, 1.807) is 0 Å². The van der Waals surface area contributed by atoms with Crippen LogP contribution in [0.15, 0.2) is 0 Å². The van der Waals surface area contributed by atoms with Crippen molar-refractivity contribution in [3.8, 4) is 0 Å². The second-order valence-corrected chi connectivity index (χ2v) is 5.65. The van der Waals surface area contributed by atoms with E-state index in [-0.39, 0.29) is 0 Å². The number of rotatable bonds is 0. The van der Waals surface area contributed by atoms with Gasteiger partial charge in [0.2, 0.25) is 0 Å². The number of nitrogens with zero attached hydrogens (tertiary/aromatic N) is 1. The van der Waals surface area contributed by atoms with Crippen LogP contribution >= 0.6 is 0 Å². The maximum atomic E-state index is 5.32. The molecule has 0 unspecified atom stereocenters. The van der Waals surface area contributed by atoms with Gasteiger partial charge in [-0.25, -0.2) is 0 Å². The summed E-state index contributed by atoms with van der Waals surface area (Å²) >= 11 is 0. The second-order valence-electron chi connectivity index (χ2n) is 5.65. The average molecular weight is 213 g/mol. The van der Waals surface area contributed by atoms with E-state index in [0.29, 0.717) is 11.0 Å². The highest BCUT2D eigenvalue weighted by atomic mass is 16.5. The Morgan fingerprint density at radius 3 is 1.73 bits per heavy atom. The molecule has 2 rings (SSSR count). The molecule has 0 amide bonds. The molecule has 90 valence electrons. The summed E-state index contributed by atoms with van der Waals surface area (Å²) in [6.07, 6.45) is 2.68. The standard InChI is InChI=1S/C11H21NO.C2H6/c1-10(2,3)12-6-4-11(5-7-12)8-13-9-11;1-2/h4-9H2,1-3H3;1-2H3. The minimum Gasteiger partial charge on any atom is -0.380 e. The van der Waals surface area contributed by atoms with Crippen LogP contribution < -0.4 is 0 Å². The molecule has 2 saturated heterocycles. The average Bonchev–Trinajstić information content (AvgIpc) is 2.17. The van der Waals surface area contributed by atoms with Gasteiger partial charge < -0.3 is 4.74 Å². The van der Waals surface area contributed by atoms with Gasteiger partial charge in [0.05, 0.1) is 13.2 Å². The Morgan fingerprint density at radius 1 is 1.00 bits per heavy atom. The SMILES string of the molecule is CC.CC(C)(C)N1CCC2(CC1)COC2. The Labute approximate surface area is 95.0 Å². The third-order valence-corrected chi connectivity index (χ3v) is 3.59. The van der Waals surface area contributed by atoms with E-state index in [9.17, 15) is 0 Å². The van der Waals surface area contributed by atoms with Crippen LogP contribution in [-0.4, -0.2) is 36.7 Å². The van der Waals surface area contributed by atoms with Crippen molar-refractivity contribution in [2.45, 2.75) is 53.0 Å². The predicted molar refractivity (Wildman–Crippen MR) is 65.2 cm³/mol. The molecule has 0 radical (unpaired) electrons. The van der Waals surface area contributed by atoms with Crippen molar-refractivity contribution < 1.29 is 4.74 Å². The summed E-state index contributed by atoms with van der Waals surface area (Å²) in [5, 5.41) is 0. The fraction of sp³-hybridized carbons (Fsp3) is 1.00. The lowest BCUT2D eigenvalue weighted by molar-refractivity contribution is -0.145. The molecule has 2 nitrogen and oxygen atoms in total. The van der Waals surface area contributed by atoms with Crippen molar-refractivity contribution in [3.63, 3.8) is 0 Å². The van der Waals surface area contributed by atoms with Gasteiger partial charge in [0.25, 0.3) is 0 Å². The van der Waals surface area contributed by atoms with Crippen molar-refractivity contribution >= 4 is 0 Å². The summed E-state index contributed by atoms with van der Waals surface area (Å²) in [6.45, 7) is 15.5. The fourth-order valence-electron chi connectivity index (χ4n) is 2.33.